The van der Waals surface area contributed by atoms with Crippen LogP contribution in [0.3, 0.4) is 0 Å². The summed E-state index contributed by atoms with van der Waals surface area (Å²) < 4.78 is 10.7. The fraction of sp³-hybridized carbons (Fsp3) is 0.571. The third-order valence-electron chi connectivity index (χ3n) is 3.56. The zero-order chi connectivity index (χ0) is 13.7. The number of nitrogens with one attached hydrogen (secondary N) is 1. The van der Waals surface area contributed by atoms with E-state index in [1.165, 1.54) is 0 Å². The maximum Gasteiger partial charge on any atom is 0.124 e. The SMILES string of the molecule is COc1ccc(OC)c([C@H](CO)N2CCNCC2)c1.Cl. The van der Waals surface area contributed by atoms with Crippen LogP contribution in [0.25, 0.3) is 0 Å². The number of piperazine rings is 1. The first-order chi connectivity index (χ1) is 9.30. The molecule has 0 unspecified atom stereocenters. The van der Waals surface area contributed by atoms with Crippen molar-refractivity contribution in [3.8, 4) is 11.5 Å². The third-order valence-corrected chi connectivity index (χ3v) is 3.56. The summed E-state index contributed by atoms with van der Waals surface area (Å²) >= 11 is 0. The van der Waals surface area contributed by atoms with Crippen LogP contribution in [0.5, 0.6) is 11.5 Å². The number of aliphatic hydroxyl groups is 1. The number of ether oxygens (including phenoxy) is 2. The van der Waals surface area contributed by atoms with Gasteiger partial charge < -0.3 is 19.9 Å². The highest BCUT2D eigenvalue weighted by Crippen LogP contribution is 2.32. The number of rotatable bonds is 5. The second-order valence-electron chi connectivity index (χ2n) is 4.59. The minimum atomic E-state index is -0.0489. The Labute approximate surface area is 126 Å². The lowest BCUT2D eigenvalue weighted by Crippen LogP contribution is -2.46. The lowest BCUT2D eigenvalue weighted by molar-refractivity contribution is 0.108. The number of nitrogens with zero attached hydrogens (tertiary/aromatic N) is 1. The molecule has 0 aromatic heterocycles. The van der Waals surface area contributed by atoms with Gasteiger partial charge in [0.25, 0.3) is 0 Å². The molecule has 1 atom stereocenters. The average molecular weight is 303 g/mol. The average Bonchev–Trinajstić information content (AvgIpc) is 2.49. The molecule has 0 radical (unpaired) electrons. The summed E-state index contributed by atoms with van der Waals surface area (Å²) in [6.45, 7) is 3.81. The fourth-order valence-corrected chi connectivity index (χ4v) is 2.50. The zero-order valence-corrected chi connectivity index (χ0v) is 12.8. The quantitative estimate of drug-likeness (QED) is 0.852. The van der Waals surface area contributed by atoms with E-state index in [9.17, 15) is 5.11 Å². The topological polar surface area (TPSA) is 54.0 Å². The Hall–Kier alpha value is -1.01. The van der Waals surface area contributed by atoms with E-state index < -0.39 is 0 Å². The number of halogens is 1. The summed E-state index contributed by atoms with van der Waals surface area (Å²) in [6.07, 6.45) is 0. The molecular weight excluding hydrogens is 280 g/mol. The van der Waals surface area contributed by atoms with Crippen molar-refractivity contribution in [1.29, 1.82) is 0 Å². The normalized spacial score (nSPS) is 17.1. The number of hydrogen-bond donors (Lipinski definition) is 2. The van der Waals surface area contributed by atoms with Crippen molar-refractivity contribution in [2.75, 3.05) is 47.0 Å². The molecule has 0 amide bonds. The molecule has 1 aliphatic heterocycles. The highest BCUT2D eigenvalue weighted by atomic mass is 35.5. The monoisotopic (exact) mass is 302 g/mol. The smallest absolute Gasteiger partial charge is 0.124 e. The van der Waals surface area contributed by atoms with Crippen LogP contribution in [0.2, 0.25) is 0 Å². The van der Waals surface area contributed by atoms with E-state index in [1.807, 2.05) is 18.2 Å². The summed E-state index contributed by atoms with van der Waals surface area (Å²) in [6, 6.07) is 5.65. The van der Waals surface area contributed by atoms with Crippen LogP contribution >= 0.6 is 12.4 Å². The van der Waals surface area contributed by atoms with Gasteiger partial charge in [0.1, 0.15) is 11.5 Å². The van der Waals surface area contributed by atoms with Gasteiger partial charge in [-0.1, -0.05) is 0 Å². The first kappa shape index (κ1) is 17.0. The lowest BCUT2D eigenvalue weighted by atomic mass is 10.0. The number of hydrogen-bond acceptors (Lipinski definition) is 5. The van der Waals surface area contributed by atoms with Gasteiger partial charge in [0, 0.05) is 31.7 Å². The molecule has 0 spiro atoms. The lowest BCUT2D eigenvalue weighted by Gasteiger charge is -2.34. The van der Waals surface area contributed by atoms with Gasteiger partial charge in [-0.2, -0.15) is 0 Å². The summed E-state index contributed by atoms with van der Waals surface area (Å²) in [5, 5.41) is 13.1. The summed E-state index contributed by atoms with van der Waals surface area (Å²) in [7, 11) is 3.29. The molecule has 1 aliphatic rings. The van der Waals surface area contributed by atoms with E-state index >= 15 is 0 Å². The Balaban J connectivity index is 0.00000200. The number of aliphatic hydroxyl groups excluding tert-OH is 1. The van der Waals surface area contributed by atoms with E-state index in [2.05, 4.69) is 10.2 Å². The van der Waals surface area contributed by atoms with Gasteiger partial charge in [-0.25, -0.2) is 0 Å². The van der Waals surface area contributed by atoms with Crippen LogP contribution in [0.1, 0.15) is 11.6 Å². The molecule has 1 saturated heterocycles. The first-order valence-corrected chi connectivity index (χ1v) is 6.57. The maximum absolute atomic E-state index is 9.76. The molecule has 1 fully saturated rings. The van der Waals surface area contributed by atoms with Crippen LogP contribution in [0, 0.1) is 0 Å². The third kappa shape index (κ3) is 3.76. The predicted octanol–water partition coefficient (Wildman–Crippen LogP) is 1.06. The van der Waals surface area contributed by atoms with Crippen LogP contribution < -0.4 is 14.8 Å². The van der Waals surface area contributed by atoms with Crippen molar-refractivity contribution in [2.45, 2.75) is 6.04 Å². The Morgan fingerprint density at radius 3 is 2.50 bits per heavy atom. The van der Waals surface area contributed by atoms with Gasteiger partial charge in [0.15, 0.2) is 0 Å². The summed E-state index contributed by atoms with van der Waals surface area (Å²) in [5.41, 5.74) is 0.978. The predicted molar refractivity (Wildman–Crippen MR) is 81.1 cm³/mol. The fourth-order valence-electron chi connectivity index (χ4n) is 2.50. The molecule has 5 nitrogen and oxygen atoms in total. The Morgan fingerprint density at radius 1 is 1.25 bits per heavy atom. The second kappa shape index (κ2) is 8.32. The Bertz CT molecular complexity index is 411. The molecule has 1 heterocycles. The van der Waals surface area contributed by atoms with Gasteiger partial charge in [-0.3, -0.25) is 4.90 Å². The van der Waals surface area contributed by atoms with E-state index in [-0.39, 0.29) is 25.1 Å². The largest absolute Gasteiger partial charge is 0.497 e. The molecule has 0 saturated carbocycles. The van der Waals surface area contributed by atoms with E-state index in [1.54, 1.807) is 14.2 Å². The molecular formula is C14H23ClN2O3. The second-order valence-corrected chi connectivity index (χ2v) is 4.59. The molecule has 114 valence electrons. The number of methoxy groups -OCH3 is 2. The highest BCUT2D eigenvalue weighted by Gasteiger charge is 2.24. The molecule has 2 N–H and O–H groups in total. The minimum absolute atomic E-state index is 0. The van der Waals surface area contributed by atoms with Crippen molar-refractivity contribution in [2.24, 2.45) is 0 Å². The van der Waals surface area contributed by atoms with Crippen LogP contribution in [0.4, 0.5) is 0 Å². The Morgan fingerprint density at radius 2 is 1.95 bits per heavy atom. The van der Waals surface area contributed by atoms with E-state index in [4.69, 9.17) is 9.47 Å². The molecule has 2 rings (SSSR count). The molecule has 6 heteroatoms. The van der Waals surface area contributed by atoms with Gasteiger partial charge in [-0.15, -0.1) is 12.4 Å². The van der Waals surface area contributed by atoms with Gasteiger partial charge in [-0.05, 0) is 18.2 Å². The standard InChI is InChI=1S/C14H22N2O3.ClH/c1-18-11-3-4-14(19-2)12(9-11)13(10-17)16-7-5-15-6-8-16;/h3-4,9,13,15,17H,5-8,10H2,1-2H3;1H/t13-;/m0./s1. The summed E-state index contributed by atoms with van der Waals surface area (Å²) in [5.74, 6) is 1.57. The van der Waals surface area contributed by atoms with Gasteiger partial charge in [0.2, 0.25) is 0 Å². The Kier molecular flexibility index (Phi) is 7.09. The first-order valence-electron chi connectivity index (χ1n) is 6.57. The van der Waals surface area contributed by atoms with Crippen molar-refractivity contribution < 1.29 is 14.6 Å². The van der Waals surface area contributed by atoms with Crippen LogP contribution in [-0.2, 0) is 0 Å². The maximum atomic E-state index is 9.76. The zero-order valence-electron chi connectivity index (χ0n) is 12.0. The molecule has 1 aromatic carbocycles. The van der Waals surface area contributed by atoms with Gasteiger partial charge in [0.05, 0.1) is 26.9 Å². The van der Waals surface area contributed by atoms with Crippen molar-refractivity contribution in [1.82, 2.24) is 10.2 Å². The number of benzene rings is 1. The van der Waals surface area contributed by atoms with Crippen molar-refractivity contribution in [3.05, 3.63) is 23.8 Å². The van der Waals surface area contributed by atoms with Crippen LogP contribution in [0.15, 0.2) is 18.2 Å². The van der Waals surface area contributed by atoms with Gasteiger partial charge >= 0.3 is 0 Å². The van der Waals surface area contributed by atoms with Crippen molar-refractivity contribution >= 4 is 12.4 Å². The van der Waals surface area contributed by atoms with E-state index in [0.29, 0.717) is 0 Å². The summed E-state index contributed by atoms with van der Waals surface area (Å²) in [4.78, 5) is 2.27. The highest BCUT2D eigenvalue weighted by molar-refractivity contribution is 5.85. The molecule has 1 aromatic rings. The van der Waals surface area contributed by atoms with Crippen LogP contribution in [-0.4, -0.2) is 57.0 Å². The minimum Gasteiger partial charge on any atom is -0.497 e. The molecule has 0 aliphatic carbocycles. The molecule has 0 bridgehead atoms. The van der Waals surface area contributed by atoms with E-state index in [0.717, 1.165) is 43.2 Å². The van der Waals surface area contributed by atoms with Crippen molar-refractivity contribution in [3.63, 3.8) is 0 Å². The molecule has 20 heavy (non-hydrogen) atoms.